The first-order valence-corrected chi connectivity index (χ1v) is 10.7. The van der Waals surface area contributed by atoms with Crippen molar-refractivity contribution in [3.05, 3.63) is 62.8 Å². The summed E-state index contributed by atoms with van der Waals surface area (Å²) in [5.74, 6) is -1.03. The maximum Gasteiger partial charge on any atom is 0.261 e. The highest BCUT2D eigenvalue weighted by atomic mass is 19.1. The average molecular weight is 426 g/mol. The molecule has 1 aromatic carbocycles. The molecule has 164 valence electrons. The molecule has 2 heterocycles. The minimum absolute atomic E-state index is 0.0675. The van der Waals surface area contributed by atoms with E-state index < -0.39 is 17.5 Å². The fourth-order valence-corrected chi connectivity index (χ4v) is 4.30. The number of fused-ring (bicyclic) bond motifs is 1. The Morgan fingerprint density at radius 3 is 2.61 bits per heavy atom. The third-order valence-corrected chi connectivity index (χ3v) is 6.15. The lowest BCUT2D eigenvalue weighted by atomic mass is 9.93. The predicted octanol–water partition coefficient (Wildman–Crippen LogP) is 2.28. The standard InChI is InChI=1S/C23H27FN4O3/c1-14(16-12-15(24)6-7-20(16)28-10-8-27(2)9-11-28)25-22(30)18-13-17-19(26-23(18)31)4-3-5-21(17)29/h6-7,12-14H,3-5,8-11H2,1-2H3,(H,25,30)(H,26,31). The molecule has 1 atom stereocenters. The summed E-state index contributed by atoms with van der Waals surface area (Å²) >= 11 is 0. The van der Waals surface area contributed by atoms with Crippen LogP contribution in [0, 0.1) is 5.82 Å². The minimum atomic E-state index is -0.580. The molecule has 1 unspecified atom stereocenters. The number of carbonyl (C=O) groups excluding carboxylic acids is 2. The number of amides is 1. The van der Waals surface area contributed by atoms with Crippen molar-refractivity contribution < 1.29 is 14.0 Å². The number of benzene rings is 1. The van der Waals surface area contributed by atoms with Crippen LogP contribution in [0.5, 0.6) is 0 Å². The largest absolute Gasteiger partial charge is 0.369 e. The number of likely N-dealkylation sites (N-methyl/N-ethyl adjacent to an activating group) is 1. The van der Waals surface area contributed by atoms with E-state index in [-0.39, 0.29) is 17.2 Å². The topological polar surface area (TPSA) is 85.5 Å². The molecule has 1 aliphatic heterocycles. The number of aromatic nitrogens is 1. The van der Waals surface area contributed by atoms with Gasteiger partial charge in [0.25, 0.3) is 11.5 Å². The highest BCUT2D eigenvalue weighted by Crippen LogP contribution is 2.28. The van der Waals surface area contributed by atoms with Crippen LogP contribution < -0.4 is 15.8 Å². The second kappa shape index (κ2) is 8.63. The zero-order chi connectivity index (χ0) is 22.1. The van der Waals surface area contributed by atoms with Crippen molar-refractivity contribution in [3.8, 4) is 0 Å². The molecule has 0 saturated carbocycles. The number of ketones is 1. The van der Waals surface area contributed by atoms with Crippen molar-refractivity contribution in [3.63, 3.8) is 0 Å². The first-order valence-electron chi connectivity index (χ1n) is 10.7. The SMILES string of the molecule is CC(NC(=O)c1cc2c([nH]c1=O)CCCC2=O)c1cc(F)ccc1N1CCN(C)CC1. The minimum Gasteiger partial charge on any atom is -0.369 e. The maximum absolute atomic E-state index is 14.1. The van der Waals surface area contributed by atoms with Crippen LogP contribution in [0.3, 0.4) is 0 Å². The second-order valence-corrected chi connectivity index (χ2v) is 8.37. The molecule has 0 radical (unpaired) electrons. The number of anilines is 1. The van der Waals surface area contributed by atoms with Crippen LogP contribution in [0.1, 0.15) is 57.8 Å². The van der Waals surface area contributed by atoms with E-state index in [0.717, 1.165) is 31.9 Å². The number of H-pyrrole nitrogens is 1. The highest BCUT2D eigenvalue weighted by Gasteiger charge is 2.25. The molecule has 31 heavy (non-hydrogen) atoms. The van der Waals surface area contributed by atoms with E-state index in [1.165, 1.54) is 18.2 Å². The van der Waals surface area contributed by atoms with E-state index >= 15 is 0 Å². The van der Waals surface area contributed by atoms with Gasteiger partial charge in [-0.25, -0.2) is 4.39 Å². The molecule has 8 heteroatoms. The molecule has 1 saturated heterocycles. The van der Waals surface area contributed by atoms with Crippen LogP contribution in [0.15, 0.2) is 29.1 Å². The number of hydrogen-bond donors (Lipinski definition) is 2. The normalized spacial score (nSPS) is 17.9. The van der Waals surface area contributed by atoms with Gasteiger partial charge in [-0.2, -0.15) is 0 Å². The van der Waals surface area contributed by atoms with Crippen LogP contribution in [-0.4, -0.2) is 54.8 Å². The van der Waals surface area contributed by atoms with E-state index in [9.17, 15) is 18.8 Å². The lowest BCUT2D eigenvalue weighted by molar-refractivity contribution is 0.0938. The Bertz CT molecular complexity index is 1070. The first kappa shape index (κ1) is 21.2. The highest BCUT2D eigenvalue weighted by molar-refractivity contribution is 6.01. The molecule has 1 amide bonds. The van der Waals surface area contributed by atoms with Crippen molar-refractivity contribution in [2.24, 2.45) is 0 Å². The monoisotopic (exact) mass is 426 g/mol. The summed E-state index contributed by atoms with van der Waals surface area (Å²) in [6.07, 6.45) is 1.72. The number of Topliss-reactive ketones (excluding diaryl/α,β-unsaturated/α-hetero) is 1. The van der Waals surface area contributed by atoms with Crippen LogP contribution >= 0.6 is 0 Å². The summed E-state index contributed by atoms with van der Waals surface area (Å²) < 4.78 is 14.1. The summed E-state index contributed by atoms with van der Waals surface area (Å²) in [5.41, 5.74) is 1.91. The van der Waals surface area contributed by atoms with Crippen LogP contribution in [0.4, 0.5) is 10.1 Å². The number of nitrogens with zero attached hydrogens (tertiary/aromatic N) is 2. The number of carbonyl (C=O) groups is 2. The van der Waals surface area contributed by atoms with Crippen LogP contribution in [-0.2, 0) is 6.42 Å². The third kappa shape index (κ3) is 4.39. The lowest BCUT2D eigenvalue weighted by Gasteiger charge is -2.36. The van der Waals surface area contributed by atoms with Gasteiger partial charge in [0, 0.05) is 55.1 Å². The van der Waals surface area contributed by atoms with Gasteiger partial charge in [-0.05, 0) is 51.1 Å². The van der Waals surface area contributed by atoms with E-state index in [2.05, 4.69) is 27.1 Å². The summed E-state index contributed by atoms with van der Waals surface area (Å²) in [6.45, 7) is 5.18. The summed E-state index contributed by atoms with van der Waals surface area (Å²) in [6, 6.07) is 5.46. The zero-order valence-corrected chi connectivity index (χ0v) is 17.8. The predicted molar refractivity (Wildman–Crippen MR) is 116 cm³/mol. The fourth-order valence-electron chi connectivity index (χ4n) is 4.30. The molecule has 0 bridgehead atoms. The van der Waals surface area contributed by atoms with Gasteiger partial charge in [-0.3, -0.25) is 14.4 Å². The van der Waals surface area contributed by atoms with Crippen molar-refractivity contribution >= 4 is 17.4 Å². The number of halogens is 1. The Morgan fingerprint density at radius 2 is 1.87 bits per heavy atom. The smallest absolute Gasteiger partial charge is 0.261 e. The molecule has 2 aromatic rings. The molecule has 1 aromatic heterocycles. The Labute approximate surface area is 180 Å². The Kier molecular flexibility index (Phi) is 5.91. The fraction of sp³-hybridized carbons (Fsp3) is 0.435. The van der Waals surface area contributed by atoms with E-state index in [1.807, 2.05) is 0 Å². The van der Waals surface area contributed by atoms with E-state index in [4.69, 9.17) is 0 Å². The van der Waals surface area contributed by atoms with Crippen molar-refractivity contribution in [2.45, 2.75) is 32.2 Å². The number of hydrogen-bond acceptors (Lipinski definition) is 5. The second-order valence-electron chi connectivity index (χ2n) is 8.37. The molecule has 0 spiro atoms. The quantitative estimate of drug-likeness (QED) is 0.784. The molecule has 4 rings (SSSR count). The van der Waals surface area contributed by atoms with Crippen LogP contribution in [0.2, 0.25) is 0 Å². The Hall–Kier alpha value is -3.00. The summed E-state index contributed by atoms with van der Waals surface area (Å²) in [7, 11) is 2.06. The van der Waals surface area contributed by atoms with E-state index in [0.29, 0.717) is 36.1 Å². The average Bonchev–Trinajstić information content (AvgIpc) is 2.74. The summed E-state index contributed by atoms with van der Waals surface area (Å²) in [5, 5.41) is 2.82. The number of piperazine rings is 1. The molecule has 1 fully saturated rings. The number of rotatable bonds is 4. The molecule has 2 N–H and O–H groups in total. The van der Waals surface area contributed by atoms with E-state index in [1.54, 1.807) is 13.0 Å². The molecule has 7 nitrogen and oxygen atoms in total. The van der Waals surface area contributed by atoms with Gasteiger partial charge in [0.1, 0.15) is 11.4 Å². The molecule has 1 aliphatic carbocycles. The van der Waals surface area contributed by atoms with Crippen LogP contribution in [0.25, 0.3) is 0 Å². The molecule has 2 aliphatic rings. The maximum atomic E-state index is 14.1. The van der Waals surface area contributed by atoms with Gasteiger partial charge in [0.15, 0.2) is 5.78 Å². The Morgan fingerprint density at radius 1 is 1.13 bits per heavy atom. The number of pyridine rings is 1. The number of nitrogens with one attached hydrogen (secondary N) is 2. The van der Waals surface area contributed by atoms with Gasteiger partial charge < -0.3 is 20.1 Å². The first-order chi connectivity index (χ1) is 14.8. The number of aryl methyl sites for hydroxylation is 1. The van der Waals surface area contributed by atoms with Crippen molar-refractivity contribution in [2.75, 3.05) is 38.1 Å². The van der Waals surface area contributed by atoms with Gasteiger partial charge in [-0.1, -0.05) is 0 Å². The molecular weight excluding hydrogens is 399 g/mol. The van der Waals surface area contributed by atoms with Gasteiger partial charge in [0.2, 0.25) is 0 Å². The number of aromatic amines is 1. The van der Waals surface area contributed by atoms with Gasteiger partial charge >= 0.3 is 0 Å². The van der Waals surface area contributed by atoms with Gasteiger partial charge in [0.05, 0.1) is 6.04 Å². The lowest BCUT2D eigenvalue weighted by Crippen LogP contribution is -2.45. The van der Waals surface area contributed by atoms with Crippen molar-refractivity contribution in [1.82, 2.24) is 15.2 Å². The van der Waals surface area contributed by atoms with Gasteiger partial charge in [-0.15, -0.1) is 0 Å². The third-order valence-electron chi connectivity index (χ3n) is 6.15. The van der Waals surface area contributed by atoms with Crippen molar-refractivity contribution in [1.29, 1.82) is 0 Å². The zero-order valence-electron chi connectivity index (χ0n) is 17.8. The molecular formula is C23H27FN4O3. The summed E-state index contributed by atoms with van der Waals surface area (Å²) in [4.78, 5) is 44.6. The Balaban J connectivity index is 1.59.